The monoisotopic (exact) mass is 320 g/mol. The number of carbonyl (C=O) groups is 1. The van der Waals surface area contributed by atoms with Gasteiger partial charge in [0.2, 0.25) is 0 Å². The number of hydrogen-bond acceptors (Lipinski definition) is 3. The molecule has 1 N–H and O–H groups in total. The molecule has 0 radical (unpaired) electrons. The van der Waals surface area contributed by atoms with E-state index in [0.29, 0.717) is 35.0 Å². The van der Waals surface area contributed by atoms with Crippen LogP contribution in [0.15, 0.2) is 0 Å². The Kier molecular flexibility index (Phi) is 3.61. The first-order chi connectivity index (χ1) is 10.9. The molecule has 23 heavy (non-hydrogen) atoms. The van der Waals surface area contributed by atoms with Crippen LogP contribution in [-0.2, 0) is 9.53 Å². The van der Waals surface area contributed by atoms with Crippen molar-refractivity contribution in [2.24, 2.45) is 34.5 Å². The minimum Gasteiger partial charge on any atom is -0.462 e. The van der Waals surface area contributed by atoms with Gasteiger partial charge in [0.05, 0.1) is 6.10 Å². The third kappa shape index (κ3) is 2.14. The standard InChI is InChI=1S/C20H32O3/c1-12-13-8-10-20(3)14(16-5-7-18(22)23-16)4-6-17(20)19(13,2)11-9-15(12)21/h12-17,21H,4-11H2,1-3H3. The lowest BCUT2D eigenvalue weighted by molar-refractivity contribution is -0.153. The highest BCUT2D eigenvalue weighted by atomic mass is 16.5. The Morgan fingerprint density at radius 3 is 2.39 bits per heavy atom. The average Bonchev–Trinajstić information content (AvgIpc) is 3.07. The van der Waals surface area contributed by atoms with Crippen molar-refractivity contribution in [3.63, 3.8) is 0 Å². The van der Waals surface area contributed by atoms with Crippen molar-refractivity contribution in [3.05, 3.63) is 0 Å². The fourth-order valence-electron chi connectivity index (χ4n) is 7.42. The maximum atomic E-state index is 11.6. The SMILES string of the molecule is CC1C(O)CCC2(C)C1CCC1(C)C(C3CCC(=O)O3)CCC12. The molecule has 3 heteroatoms. The van der Waals surface area contributed by atoms with Crippen LogP contribution >= 0.6 is 0 Å². The van der Waals surface area contributed by atoms with Crippen LogP contribution in [0.1, 0.15) is 72.1 Å². The molecule has 0 bridgehead atoms. The third-order valence-corrected chi connectivity index (χ3v) is 8.63. The fourth-order valence-corrected chi connectivity index (χ4v) is 7.42. The van der Waals surface area contributed by atoms with Gasteiger partial charge >= 0.3 is 5.97 Å². The summed E-state index contributed by atoms with van der Waals surface area (Å²) >= 11 is 0. The van der Waals surface area contributed by atoms with Crippen LogP contribution in [0.4, 0.5) is 0 Å². The maximum Gasteiger partial charge on any atom is 0.306 e. The first kappa shape index (κ1) is 15.9. The summed E-state index contributed by atoms with van der Waals surface area (Å²) in [6, 6.07) is 0. The second kappa shape index (κ2) is 5.21. The van der Waals surface area contributed by atoms with Gasteiger partial charge in [0.1, 0.15) is 6.10 Å². The van der Waals surface area contributed by atoms with E-state index in [1.807, 2.05) is 0 Å². The van der Waals surface area contributed by atoms with Crippen LogP contribution in [-0.4, -0.2) is 23.3 Å². The Labute approximate surface area is 140 Å². The number of carbonyl (C=O) groups excluding carboxylic acids is 1. The van der Waals surface area contributed by atoms with Gasteiger partial charge in [0.15, 0.2) is 0 Å². The lowest BCUT2D eigenvalue weighted by Crippen LogP contribution is -2.55. The van der Waals surface area contributed by atoms with Gasteiger partial charge in [-0.05, 0) is 73.5 Å². The number of rotatable bonds is 1. The van der Waals surface area contributed by atoms with Crippen molar-refractivity contribution in [3.8, 4) is 0 Å². The van der Waals surface area contributed by atoms with Crippen molar-refractivity contribution < 1.29 is 14.6 Å². The summed E-state index contributed by atoms with van der Waals surface area (Å²) in [6.07, 6.45) is 8.72. The molecule has 1 aliphatic heterocycles. The Morgan fingerprint density at radius 2 is 1.70 bits per heavy atom. The largest absolute Gasteiger partial charge is 0.462 e. The number of hydrogen-bond donors (Lipinski definition) is 1. The van der Waals surface area contributed by atoms with E-state index < -0.39 is 0 Å². The minimum atomic E-state index is -0.106. The summed E-state index contributed by atoms with van der Waals surface area (Å²) in [5.74, 6) is 2.39. The van der Waals surface area contributed by atoms with E-state index in [-0.39, 0.29) is 18.2 Å². The van der Waals surface area contributed by atoms with Crippen LogP contribution in [0.5, 0.6) is 0 Å². The molecule has 0 aromatic heterocycles. The fraction of sp³-hybridized carbons (Fsp3) is 0.950. The first-order valence-corrected chi connectivity index (χ1v) is 9.74. The molecule has 0 aromatic rings. The first-order valence-electron chi connectivity index (χ1n) is 9.74. The topological polar surface area (TPSA) is 46.5 Å². The molecule has 4 aliphatic rings. The van der Waals surface area contributed by atoms with E-state index in [4.69, 9.17) is 4.74 Å². The molecule has 0 spiro atoms. The zero-order valence-electron chi connectivity index (χ0n) is 14.9. The predicted molar refractivity (Wildman–Crippen MR) is 88.7 cm³/mol. The van der Waals surface area contributed by atoms with Crippen LogP contribution < -0.4 is 0 Å². The van der Waals surface area contributed by atoms with Gasteiger partial charge in [0, 0.05) is 12.3 Å². The van der Waals surface area contributed by atoms with Gasteiger partial charge in [-0.25, -0.2) is 0 Å². The highest BCUT2D eigenvalue weighted by molar-refractivity contribution is 5.71. The number of aliphatic hydroxyl groups is 1. The van der Waals surface area contributed by atoms with Crippen molar-refractivity contribution in [2.75, 3.05) is 0 Å². The van der Waals surface area contributed by atoms with Crippen molar-refractivity contribution in [1.82, 2.24) is 0 Å². The number of fused-ring (bicyclic) bond motifs is 3. The van der Waals surface area contributed by atoms with Gasteiger partial charge in [-0.1, -0.05) is 20.8 Å². The molecule has 0 aromatic carbocycles. The zero-order valence-corrected chi connectivity index (χ0v) is 14.9. The minimum absolute atomic E-state index is 0.0105. The van der Waals surface area contributed by atoms with Crippen LogP contribution in [0.3, 0.4) is 0 Å². The molecule has 1 heterocycles. The Bertz CT molecular complexity index is 503. The van der Waals surface area contributed by atoms with Crippen molar-refractivity contribution in [2.45, 2.75) is 84.3 Å². The van der Waals surface area contributed by atoms with Gasteiger partial charge < -0.3 is 9.84 Å². The quantitative estimate of drug-likeness (QED) is 0.745. The molecule has 1 saturated heterocycles. The number of aliphatic hydroxyl groups excluding tert-OH is 1. The van der Waals surface area contributed by atoms with Crippen LogP contribution in [0.25, 0.3) is 0 Å². The third-order valence-electron chi connectivity index (χ3n) is 8.63. The Balaban J connectivity index is 1.62. The highest BCUT2D eigenvalue weighted by Crippen LogP contribution is 2.68. The molecule has 3 nitrogen and oxygen atoms in total. The molecule has 3 aliphatic carbocycles. The molecule has 130 valence electrons. The molecule has 0 amide bonds. The normalized spacial score (nSPS) is 56.1. The van der Waals surface area contributed by atoms with E-state index >= 15 is 0 Å². The molecule has 3 saturated carbocycles. The summed E-state index contributed by atoms with van der Waals surface area (Å²) in [5, 5.41) is 10.3. The van der Waals surface area contributed by atoms with Crippen molar-refractivity contribution in [1.29, 1.82) is 0 Å². The Morgan fingerprint density at radius 1 is 1.00 bits per heavy atom. The second-order valence-corrected chi connectivity index (χ2v) is 9.43. The average molecular weight is 320 g/mol. The molecular formula is C20H32O3. The summed E-state index contributed by atoms with van der Waals surface area (Å²) in [4.78, 5) is 11.6. The summed E-state index contributed by atoms with van der Waals surface area (Å²) in [6.45, 7) is 7.25. The van der Waals surface area contributed by atoms with Crippen LogP contribution in [0, 0.1) is 34.5 Å². The van der Waals surface area contributed by atoms with Crippen LogP contribution in [0.2, 0.25) is 0 Å². The Hall–Kier alpha value is -0.570. The predicted octanol–water partition coefficient (Wildman–Crippen LogP) is 3.93. The second-order valence-electron chi connectivity index (χ2n) is 9.43. The van der Waals surface area contributed by atoms with Gasteiger partial charge in [-0.15, -0.1) is 0 Å². The van der Waals surface area contributed by atoms with E-state index in [1.165, 1.54) is 32.1 Å². The summed E-state index contributed by atoms with van der Waals surface area (Å²) < 4.78 is 5.69. The van der Waals surface area contributed by atoms with Gasteiger partial charge in [-0.2, -0.15) is 0 Å². The zero-order chi connectivity index (χ0) is 16.4. The molecule has 8 atom stereocenters. The van der Waals surface area contributed by atoms with E-state index in [1.54, 1.807) is 0 Å². The molecular weight excluding hydrogens is 288 g/mol. The smallest absolute Gasteiger partial charge is 0.306 e. The lowest BCUT2D eigenvalue weighted by Gasteiger charge is -2.60. The van der Waals surface area contributed by atoms with E-state index in [2.05, 4.69) is 20.8 Å². The number of cyclic esters (lactones) is 1. The maximum absolute atomic E-state index is 11.6. The summed E-state index contributed by atoms with van der Waals surface area (Å²) in [7, 11) is 0. The van der Waals surface area contributed by atoms with E-state index in [0.717, 1.165) is 18.8 Å². The highest BCUT2D eigenvalue weighted by Gasteiger charge is 2.62. The molecule has 4 fully saturated rings. The molecule has 4 rings (SSSR count). The van der Waals surface area contributed by atoms with Gasteiger partial charge in [-0.3, -0.25) is 4.79 Å². The van der Waals surface area contributed by atoms with E-state index in [9.17, 15) is 9.90 Å². The number of esters is 1. The summed E-state index contributed by atoms with van der Waals surface area (Å²) in [5.41, 5.74) is 0.686. The number of ether oxygens (including phenoxy) is 1. The molecule has 8 unspecified atom stereocenters. The lowest BCUT2D eigenvalue weighted by atomic mass is 9.45. The van der Waals surface area contributed by atoms with Crippen molar-refractivity contribution >= 4 is 5.97 Å². The van der Waals surface area contributed by atoms with Gasteiger partial charge in [0.25, 0.3) is 0 Å².